The lowest BCUT2D eigenvalue weighted by atomic mass is 10.2. The molecule has 2 rings (SSSR count). The molecule has 0 saturated carbocycles. The first-order valence-electron chi connectivity index (χ1n) is 5.05. The molecule has 0 atom stereocenters. The summed E-state index contributed by atoms with van der Waals surface area (Å²) in [6, 6.07) is 4.99. The van der Waals surface area contributed by atoms with Crippen LogP contribution in [0.2, 0.25) is 0 Å². The Bertz CT molecular complexity index is 615. The van der Waals surface area contributed by atoms with E-state index in [4.69, 9.17) is 5.73 Å². The molecule has 4 N–H and O–H groups in total. The Labute approximate surface area is 115 Å². The lowest BCUT2D eigenvalue weighted by Crippen LogP contribution is -2.23. The van der Waals surface area contributed by atoms with Crippen LogP contribution in [0, 0.1) is 0 Å². The van der Waals surface area contributed by atoms with E-state index in [0.29, 0.717) is 16.9 Å². The molecule has 0 fully saturated rings. The van der Waals surface area contributed by atoms with E-state index in [1.807, 2.05) is 0 Å². The van der Waals surface area contributed by atoms with Gasteiger partial charge in [-0.1, -0.05) is 27.3 Å². The number of hydrogen-bond acceptors (Lipinski definition) is 4. The SMILES string of the molecule is Nc1cc(Br)cc(C(=O)NCc2csc(=O)[nH]2)c1. The van der Waals surface area contributed by atoms with Crippen molar-refractivity contribution in [2.24, 2.45) is 0 Å². The minimum Gasteiger partial charge on any atom is -0.399 e. The second-order valence-electron chi connectivity index (χ2n) is 3.63. The van der Waals surface area contributed by atoms with E-state index in [-0.39, 0.29) is 17.3 Å². The van der Waals surface area contributed by atoms with Crippen LogP contribution < -0.4 is 15.9 Å². The lowest BCUT2D eigenvalue weighted by Gasteiger charge is -2.05. The van der Waals surface area contributed by atoms with Crippen LogP contribution in [-0.2, 0) is 6.54 Å². The number of nitrogens with two attached hydrogens (primary N) is 1. The zero-order valence-electron chi connectivity index (χ0n) is 9.20. The van der Waals surface area contributed by atoms with E-state index in [1.165, 1.54) is 0 Å². The Morgan fingerprint density at radius 2 is 2.22 bits per heavy atom. The molecule has 1 amide bonds. The van der Waals surface area contributed by atoms with E-state index in [0.717, 1.165) is 15.8 Å². The zero-order valence-corrected chi connectivity index (χ0v) is 11.6. The topological polar surface area (TPSA) is 88.0 Å². The van der Waals surface area contributed by atoms with Gasteiger partial charge in [0, 0.05) is 26.8 Å². The maximum absolute atomic E-state index is 11.9. The summed E-state index contributed by atoms with van der Waals surface area (Å²) in [5, 5.41) is 4.38. The number of thiazole rings is 1. The van der Waals surface area contributed by atoms with E-state index in [2.05, 4.69) is 26.2 Å². The standard InChI is InChI=1S/C11H10BrN3O2S/c12-7-1-6(2-8(13)3-7)10(16)14-4-9-5-18-11(17)15-9/h1-3,5H,4,13H2,(H,14,16)(H,15,17). The Hall–Kier alpha value is -1.60. The molecule has 1 aromatic heterocycles. The second kappa shape index (κ2) is 5.36. The maximum Gasteiger partial charge on any atom is 0.304 e. The number of rotatable bonds is 3. The highest BCUT2D eigenvalue weighted by atomic mass is 79.9. The average Bonchev–Trinajstić information content (AvgIpc) is 2.70. The minimum atomic E-state index is -0.241. The van der Waals surface area contributed by atoms with Gasteiger partial charge in [-0.05, 0) is 18.2 Å². The number of benzene rings is 1. The van der Waals surface area contributed by atoms with Crippen LogP contribution in [-0.4, -0.2) is 10.9 Å². The molecule has 1 aromatic carbocycles. The summed E-state index contributed by atoms with van der Waals surface area (Å²) in [6.45, 7) is 0.282. The Kier molecular flexibility index (Phi) is 3.83. The van der Waals surface area contributed by atoms with Crippen LogP contribution in [0.15, 0.2) is 32.8 Å². The highest BCUT2D eigenvalue weighted by Gasteiger charge is 2.07. The third-order valence-electron chi connectivity index (χ3n) is 2.19. The second-order valence-corrected chi connectivity index (χ2v) is 5.39. The molecule has 0 saturated heterocycles. The molecular weight excluding hydrogens is 318 g/mol. The van der Waals surface area contributed by atoms with Crippen LogP contribution in [0.5, 0.6) is 0 Å². The zero-order chi connectivity index (χ0) is 13.1. The number of nitrogens with one attached hydrogen (secondary N) is 2. The van der Waals surface area contributed by atoms with E-state index in [1.54, 1.807) is 23.6 Å². The van der Waals surface area contributed by atoms with Gasteiger partial charge in [-0.3, -0.25) is 9.59 Å². The summed E-state index contributed by atoms with van der Waals surface area (Å²) in [5.41, 5.74) is 7.32. The Morgan fingerprint density at radius 1 is 1.44 bits per heavy atom. The summed E-state index contributed by atoms with van der Waals surface area (Å²) in [5.74, 6) is -0.241. The molecule has 0 aliphatic rings. The number of anilines is 1. The Balaban J connectivity index is 2.05. The van der Waals surface area contributed by atoms with Crippen LogP contribution in [0.1, 0.15) is 16.1 Å². The van der Waals surface area contributed by atoms with Crippen molar-refractivity contribution in [1.82, 2.24) is 10.3 Å². The van der Waals surface area contributed by atoms with Crippen molar-refractivity contribution >= 4 is 38.9 Å². The fourth-order valence-electron chi connectivity index (χ4n) is 1.42. The summed E-state index contributed by atoms with van der Waals surface area (Å²) in [4.78, 5) is 25.3. The number of halogens is 1. The molecule has 7 heteroatoms. The first kappa shape index (κ1) is 12.8. The first-order chi connectivity index (χ1) is 8.54. The summed E-state index contributed by atoms with van der Waals surface area (Å²) < 4.78 is 0.747. The number of carbonyl (C=O) groups is 1. The van der Waals surface area contributed by atoms with E-state index >= 15 is 0 Å². The highest BCUT2D eigenvalue weighted by molar-refractivity contribution is 9.10. The van der Waals surface area contributed by atoms with Crippen molar-refractivity contribution in [3.8, 4) is 0 Å². The molecule has 0 bridgehead atoms. The monoisotopic (exact) mass is 327 g/mol. The fraction of sp³-hybridized carbons (Fsp3) is 0.0909. The molecule has 0 spiro atoms. The summed E-state index contributed by atoms with van der Waals surface area (Å²) in [7, 11) is 0. The molecule has 94 valence electrons. The van der Waals surface area contributed by atoms with Crippen molar-refractivity contribution in [3.05, 3.63) is 49.0 Å². The van der Waals surface area contributed by atoms with E-state index in [9.17, 15) is 9.59 Å². The molecule has 18 heavy (non-hydrogen) atoms. The van der Waals surface area contributed by atoms with Gasteiger partial charge in [-0.15, -0.1) is 0 Å². The number of H-pyrrole nitrogens is 1. The lowest BCUT2D eigenvalue weighted by molar-refractivity contribution is 0.0950. The molecule has 0 radical (unpaired) electrons. The third kappa shape index (κ3) is 3.21. The summed E-state index contributed by atoms with van der Waals surface area (Å²) >= 11 is 4.34. The van der Waals surface area contributed by atoms with Gasteiger partial charge in [-0.25, -0.2) is 0 Å². The van der Waals surface area contributed by atoms with Crippen LogP contribution >= 0.6 is 27.3 Å². The molecular formula is C11H10BrN3O2S. The largest absolute Gasteiger partial charge is 0.399 e. The van der Waals surface area contributed by atoms with Gasteiger partial charge < -0.3 is 16.0 Å². The van der Waals surface area contributed by atoms with Crippen molar-refractivity contribution in [2.75, 3.05) is 5.73 Å². The predicted octanol–water partition coefficient (Wildman–Crippen LogP) is 1.71. The van der Waals surface area contributed by atoms with Gasteiger partial charge in [-0.2, -0.15) is 0 Å². The van der Waals surface area contributed by atoms with Crippen LogP contribution in [0.4, 0.5) is 5.69 Å². The first-order valence-corrected chi connectivity index (χ1v) is 6.73. The quantitative estimate of drug-likeness (QED) is 0.750. The number of aromatic amines is 1. The molecule has 0 unspecified atom stereocenters. The van der Waals surface area contributed by atoms with Gasteiger partial charge in [0.1, 0.15) is 0 Å². The normalized spacial score (nSPS) is 10.3. The molecule has 0 aliphatic carbocycles. The summed E-state index contributed by atoms with van der Waals surface area (Å²) in [6.07, 6.45) is 0. The van der Waals surface area contributed by atoms with Crippen molar-refractivity contribution in [1.29, 1.82) is 0 Å². The smallest absolute Gasteiger partial charge is 0.304 e. The minimum absolute atomic E-state index is 0.133. The molecule has 0 aliphatic heterocycles. The van der Waals surface area contributed by atoms with Gasteiger partial charge >= 0.3 is 4.87 Å². The van der Waals surface area contributed by atoms with Crippen LogP contribution in [0.3, 0.4) is 0 Å². The maximum atomic E-state index is 11.9. The molecule has 2 aromatic rings. The highest BCUT2D eigenvalue weighted by Crippen LogP contribution is 2.17. The van der Waals surface area contributed by atoms with Crippen LogP contribution in [0.25, 0.3) is 0 Å². The average molecular weight is 328 g/mol. The van der Waals surface area contributed by atoms with Gasteiger partial charge in [0.05, 0.1) is 6.54 Å². The third-order valence-corrected chi connectivity index (χ3v) is 3.37. The van der Waals surface area contributed by atoms with Gasteiger partial charge in [0.15, 0.2) is 0 Å². The van der Waals surface area contributed by atoms with Gasteiger partial charge in [0.25, 0.3) is 5.91 Å². The Morgan fingerprint density at radius 3 is 2.83 bits per heavy atom. The molecule has 5 nitrogen and oxygen atoms in total. The van der Waals surface area contributed by atoms with Crippen molar-refractivity contribution in [3.63, 3.8) is 0 Å². The van der Waals surface area contributed by atoms with Crippen molar-refractivity contribution < 1.29 is 4.79 Å². The fourth-order valence-corrected chi connectivity index (χ4v) is 2.51. The number of nitrogen functional groups attached to an aromatic ring is 1. The van der Waals surface area contributed by atoms with Gasteiger partial charge in [0.2, 0.25) is 0 Å². The number of hydrogen-bond donors (Lipinski definition) is 3. The molecule has 1 heterocycles. The number of carbonyl (C=O) groups excluding carboxylic acids is 1. The predicted molar refractivity (Wildman–Crippen MR) is 74.7 cm³/mol. The van der Waals surface area contributed by atoms with Crippen molar-refractivity contribution in [2.45, 2.75) is 6.54 Å². The number of amides is 1. The van der Waals surface area contributed by atoms with E-state index < -0.39 is 0 Å². The number of aromatic nitrogens is 1.